The van der Waals surface area contributed by atoms with Crippen LogP contribution in [-0.2, 0) is 9.59 Å². The van der Waals surface area contributed by atoms with Crippen molar-refractivity contribution >= 4 is 23.2 Å². The van der Waals surface area contributed by atoms with Gasteiger partial charge in [0.2, 0.25) is 11.8 Å². The van der Waals surface area contributed by atoms with Gasteiger partial charge in [-0.1, -0.05) is 0 Å². The van der Waals surface area contributed by atoms with E-state index in [-0.39, 0.29) is 17.7 Å². The van der Waals surface area contributed by atoms with Crippen molar-refractivity contribution in [3.63, 3.8) is 0 Å². The molecule has 1 aromatic rings. The van der Waals surface area contributed by atoms with Gasteiger partial charge in [0.1, 0.15) is 5.75 Å². The number of piperidine rings is 1. The van der Waals surface area contributed by atoms with E-state index >= 15 is 0 Å². The first kappa shape index (κ1) is 18.7. The lowest BCUT2D eigenvalue weighted by Crippen LogP contribution is -2.40. The molecule has 0 saturated carbocycles. The van der Waals surface area contributed by atoms with Gasteiger partial charge in [-0.15, -0.1) is 0 Å². The number of methoxy groups -OCH3 is 1. The number of amides is 2. The largest absolute Gasteiger partial charge is 0.495 e. The van der Waals surface area contributed by atoms with E-state index in [1.54, 1.807) is 7.11 Å². The number of anilines is 2. The summed E-state index contributed by atoms with van der Waals surface area (Å²) in [6.45, 7) is 8.09. The molecule has 2 heterocycles. The Morgan fingerprint density at radius 3 is 2.58 bits per heavy atom. The summed E-state index contributed by atoms with van der Waals surface area (Å²) in [6.07, 6.45) is 2.72. The van der Waals surface area contributed by atoms with Crippen LogP contribution in [-0.4, -0.2) is 43.0 Å². The van der Waals surface area contributed by atoms with Gasteiger partial charge in [0.25, 0.3) is 0 Å². The topological polar surface area (TPSA) is 70.7 Å². The minimum Gasteiger partial charge on any atom is -0.495 e. The van der Waals surface area contributed by atoms with Crippen molar-refractivity contribution in [2.45, 2.75) is 52.0 Å². The zero-order chi connectivity index (χ0) is 18.8. The number of hydrogen-bond donors (Lipinski definition) is 2. The fourth-order valence-corrected chi connectivity index (χ4v) is 4.24. The molecule has 0 aliphatic carbocycles. The predicted molar refractivity (Wildman–Crippen MR) is 103 cm³/mol. The Bertz CT molecular complexity index is 694. The quantitative estimate of drug-likeness (QED) is 0.866. The molecule has 26 heavy (non-hydrogen) atoms. The van der Waals surface area contributed by atoms with E-state index in [0.717, 1.165) is 37.2 Å². The molecular weight excluding hydrogens is 330 g/mol. The summed E-state index contributed by atoms with van der Waals surface area (Å²) < 4.78 is 5.49. The molecule has 1 atom stereocenters. The van der Waals surface area contributed by atoms with Gasteiger partial charge in [-0.25, -0.2) is 0 Å². The summed E-state index contributed by atoms with van der Waals surface area (Å²) in [7, 11) is 1.60. The van der Waals surface area contributed by atoms with Crippen molar-refractivity contribution in [2.24, 2.45) is 5.92 Å². The normalized spacial score (nSPS) is 21.3. The maximum Gasteiger partial charge on any atom is 0.225 e. The van der Waals surface area contributed by atoms with Crippen molar-refractivity contribution in [1.82, 2.24) is 4.90 Å². The fourth-order valence-electron chi connectivity index (χ4n) is 4.24. The molecule has 0 aromatic heterocycles. The molecule has 2 amide bonds. The third-order valence-corrected chi connectivity index (χ3v) is 5.63. The van der Waals surface area contributed by atoms with Gasteiger partial charge in [0.15, 0.2) is 0 Å². The summed E-state index contributed by atoms with van der Waals surface area (Å²) in [6, 6.07) is 4.38. The second-order valence-corrected chi connectivity index (χ2v) is 7.65. The monoisotopic (exact) mass is 359 g/mol. The molecule has 0 bridgehead atoms. The van der Waals surface area contributed by atoms with Crippen LogP contribution in [0.1, 0.15) is 51.5 Å². The highest BCUT2D eigenvalue weighted by Crippen LogP contribution is 2.45. The number of ether oxygens (including phenoxy) is 1. The number of benzene rings is 1. The van der Waals surface area contributed by atoms with Crippen LogP contribution in [0, 0.1) is 5.92 Å². The van der Waals surface area contributed by atoms with E-state index in [1.165, 1.54) is 6.92 Å². The molecule has 1 aromatic carbocycles. The van der Waals surface area contributed by atoms with Crippen LogP contribution in [0.5, 0.6) is 5.75 Å². The van der Waals surface area contributed by atoms with Crippen LogP contribution in [0.25, 0.3) is 0 Å². The summed E-state index contributed by atoms with van der Waals surface area (Å²) in [5.74, 6) is 1.22. The van der Waals surface area contributed by atoms with Gasteiger partial charge in [-0.3, -0.25) is 9.59 Å². The van der Waals surface area contributed by atoms with E-state index in [2.05, 4.69) is 29.4 Å². The maximum absolute atomic E-state index is 12.3. The van der Waals surface area contributed by atoms with E-state index in [1.807, 2.05) is 12.1 Å². The van der Waals surface area contributed by atoms with Crippen LogP contribution >= 0.6 is 0 Å². The van der Waals surface area contributed by atoms with Crippen molar-refractivity contribution in [3.05, 3.63) is 17.7 Å². The molecule has 2 aliphatic heterocycles. The molecule has 1 fully saturated rings. The molecular formula is C20H29N3O3. The van der Waals surface area contributed by atoms with Crippen LogP contribution in [0.15, 0.2) is 12.1 Å². The highest BCUT2D eigenvalue weighted by molar-refractivity contribution is 5.98. The summed E-state index contributed by atoms with van der Waals surface area (Å²) in [5, 5.41) is 5.74. The van der Waals surface area contributed by atoms with Gasteiger partial charge >= 0.3 is 0 Å². The maximum atomic E-state index is 12.3. The average Bonchev–Trinajstić information content (AvgIpc) is 2.60. The minimum absolute atomic E-state index is 0.0488. The van der Waals surface area contributed by atoms with Crippen LogP contribution in [0.3, 0.4) is 0 Å². The highest BCUT2D eigenvalue weighted by Gasteiger charge is 2.35. The Labute approximate surface area is 155 Å². The molecule has 0 radical (unpaired) electrons. The number of carbonyl (C=O) groups is 2. The van der Waals surface area contributed by atoms with Gasteiger partial charge < -0.3 is 20.3 Å². The van der Waals surface area contributed by atoms with E-state index in [9.17, 15) is 9.59 Å². The molecule has 0 unspecified atom stereocenters. The first-order chi connectivity index (χ1) is 12.4. The number of nitrogens with zero attached hydrogens (tertiary/aromatic N) is 1. The highest BCUT2D eigenvalue weighted by atomic mass is 16.5. The summed E-state index contributed by atoms with van der Waals surface area (Å²) in [5.41, 5.74) is 2.51. The molecule has 2 N–H and O–H groups in total. The molecule has 6 nitrogen and oxygen atoms in total. The van der Waals surface area contributed by atoms with E-state index in [4.69, 9.17) is 4.74 Å². The standard InChI is InChI=1S/C20H29N3O3/c1-12(2)23-7-5-14(6-8-23)15-10-20(25)22-17-11-18(21-13(3)24)19(26-4)9-16(15)17/h9,11-12,14-15H,5-8,10H2,1-4H3,(H,21,24)(H,22,25)/t15-/m0/s1. The van der Waals surface area contributed by atoms with Crippen LogP contribution < -0.4 is 15.4 Å². The van der Waals surface area contributed by atoms with E-state index < -0.39 is 0 Å². The van der Waals surface area contributed by atoms with Gasteiger partial charge in [0.05, 0.1) is 12.8 Å². The SMILES string of the molecule is COc1cc2c(cc1NC(C)=O)NC(=O)C[C@H]2C1CCN(C(C)C)CC1. The lowest BCUT2D eigenvalue weighted by molar-refractivity contribution is -0.117. The third-order valence-electron chi connectivity index (χ3n) is 5.63. The van der Waals surface area contributed by atoms with Crippen LogP contribution in [0.4, 0.5) is 11.4 Å². The Hall–Kier alpha value is -2.08. The Balaban J connectivity index is 1.88. The average molecular weight is 359 g/mol. The number of rotatable bonds is 4. The lowest BCUT2D eigenvalue weighted by atomic mass is 9.75. The molecule has 6 heteroatoms. The molecule has 1 saturated heterocycles. The zero-order valence-electron chi connectivity index (χ0n) is 16.1. The first-order valence-corrected chi connectivity index (χ1v) is 9.42. The molecule has 0 spiro atoms. The Morgan fingerprint density at radius 1 is 1.31 bits per heavy atom. The van der Waals surface area contributed by atoms with Gasteiger partial charge in [-0.05, 0) is 69.3 Å². The van der Waals surface area contributed by atoms with Crippen LogP contribution in [0.2, 0.25) is 0 Å². The van der Waals surface area contributed by atoms with Gasteiger partial charge in [-0.2, -0.15) is 0 Å². The van der Waals surface area contributed by atoms with Crippen molar-refractivity contribution in [2.75, 3.05) is 30.8 Å². The number of fused-ring (bicyclic) bond motifs is 1. The molecule has 2 aliphatic rings. The Kier molecular flexibility index (Phi) is 5.51. The first-order valence-electron chi connectivity index (χ1n) is 9.42. The number of carbonyl (C=O) groups excluding carboxylic acids is 2. The predicted octanol–water partition coefficient (Wildman–Crippen LogP) is 3.20. The number of likely N-dealkylation sites (tertiary alicyclic amines) is 1. The molecule has 3 rings (SSSR count). The lowest BCUT2D eigenvalue weighted by Gasteiger charge is -2.39. The van der Waals surface area contributed by atoms with Crippen molar-refractivity contribution < 1.29 is 14.3 Å². The smallest absolute Gasteiger partial charge is 0.225 e. The Morgan fingerprint density at radius 2 is 2.00 bits per heavy atom. The van der Waals surface area contributed by atoms with Crippen molar-refractivity contribution in [3.8, 4) is 5.75 Å². The molecule has 142 valence electrons. The van der Waals surface area contributed by atoms with Crippen molar-refractivity contribution in [1.29, 1.82) is 0 Å². The second kappa shape index (κ2) is 7.66. The summed E-state index contributed by atoms with van der Waals surface area (Å²) >= 11 is 0. The fraction of sp³-hybridized carbons (Fsp3) is 0.600. The number of nitrogens with one attached hydrogen (secondary N) is 2. The zero-order valence-corrected chi connectivity index (χ0v) is 16.1. The summed E-state index contributed by atoms with van der Waals surface area (Å²) in [4.78, 5) is 26.3. The third kappa shape index (κ3) is 3.85. The second-order valence-electron chi connectivity index (χ2n) is 7.65. The van der Waals surface area contributed by atoms with E-state index in [0.29, 0.717) is 29.8 Å². The minimum atomic E-state index is -0.164. The number of hydrogen-bond acceptors (Lipinski definition) is 4. The van der Waals surface area contributed by atoms with Gasteiger partial charge in [0, 0.05) is 25.1 Å².